The van der Waals surface area contributed by atoms with Crippen molar-refractivity contribution in [3.63, 3.8) is 0 Å². The minimum Gasteiger partial charge on any atom is -0.370 e. The molecule has 3 aromatic rings. The molecule has 5 nitrogen and oxygen atoms in total. The first-order valence-corrected chi connectivity index (χ1v) is 8.69. The molecule has 1 aliphatic rings. The highest BCUT2D eigenvalue weighted by Gasteiger charge is 2.27. The predicted molar refractivity (Wildman–Crippen MR) is 100 cm³/mol. The van der Waals surface area contributed by atoms with E-state index in [1.807, 2.05) is 53.4 Å². The zero-order valence-electron chi connectivity index (χ0n) is 14.6. The van der Waals surface area contributed by atoms with Gasteiger partial charge in [-0.05, 0) is 11.6 Å². The minimum absolute atomic E-state index is 0.0685. The lowest BCUT2D eigenvalue weighted by molar-refractivity contribution is -0.0227. The molecule has 2 aromatic carbocycles. The summed E-state index contributed by atoms with van der Waals surface area (Å²) in [6, 6.07) is 17.2. The zero-order chi connectivity index (χ0) is 18.1. The Hall–Kier alpha value is -2.92. The lowest BCUT2D eigenvalue weighted by atomic mass is 10.0. The van der Waals surface area contributed by atoms with Crippen LogP contribution in [0.25, 0.3) is 10.8 Å². The molecule has 0 radical (unpaired) electrons. The van der Waals surface area contributed by atoms with Crippen LogP contribution in [0.15, 0.2) is 65.6 Å². The number of hydrogen-bond donors (Lipinski definition) is 0. The van der Waals surface area contributed by atoms with Crippen LogP contribution >= 0.6 is 0 Å². The summed E-state index contributed by atoms with van der Waals surface area (Å²) >= 11 is 0. The Morgan fingerprint density at radius 3 is 2.50 bits per heavy atom. The Labute approximate surface area is 151 Å². The summed E-state index contributed by atoms with van der Waals surface area (Å²) in [6.45, 7) is 1.54. The van der Waals surface area contributed by atoms with Crippen molar-refractivity contribution in [2.75, 3.05) is 19.7 Å². The van der Waals surface area contributed by atoms with Crippen LogP contribution in [0.3, 0.4) is 0 Å². The first kappa shape index (κ1) is 16.5. The molecule has 0 bridgehead atoms. The van der Waals surface area contributed by atoms with E-state index in [9.17, 15) is 9.59 Å². The van der Waals surface area contributed by atoms with Gasteiger partial charge in [0.15, 0.2) is 0 Å². The second-order valence-corrected chi connectivity index (χ2v) is 6.53. The van der Waals surface area contributed by atoms with E-state index < -0.39 is 0 Å². The number of rotatable bonds is 2. The molecule has 132 valence electrons. The van der Waals surface area contributed by atoms with E-state index in [4.69, 9.17) is 4.74 Å². The van der Waals surface area contributed by atoms with E-state index in [1.54, 1.807) is 19.3 Å². The number of amides is 1. The molecular formula is C21H20N2O3. The van der Waals surface area contributed by atoms with Gasteiger partial charge in [-0.25, -0.2) is 0 Å². The van der Waals surface area contributed by atoms with Crippen molar-refractivity contribution in [2.24, 2.45) is 7.05 Å². The molecule has 0 spiro atoms. The Morgan fingerprint density at radius 2 is 1.73 bits per heavy atom. The van der Waals surface area contributed by atoms with Crippen LogP contribution < -0.4 is 5.56 Å². The quantitative estimate of drug-likeness (QED) is 0.716. The van der Waals surface area contributed by atoms with Crippen LogP contribution in [0, 0.1) is 0 Å². The monoisotopic (exact) mass is 348 g/mol. The third-order valence-electron chi connectivity index (χ3n) is 4.85. The third-order valence-corrected chi connectivity index (χ3v) is 4.85. The Morgan fingerprint density at radius 1 is 1.04 bits per heavy atom. The van der Waals surface area contributed by atoms with Gasteiger partial charge in [-0.15, -0.1) is 0 Å². The smallest absolute Gasteiger partial charge is 0.258 e. The molecule has 4 rings (SSSR count). The van der Waals surface area contributed by atoms with Crippen LogP contribution in [0.4, 0.5) is 0 Å². The summed E-state index contributed by atoms with van der Waals surface area (Å²) in [5, 5.41) is 1.26. The molecule has 1 saturated heterocycles. The standard InChI is InChI=1S/C21H20N2O3/c1-22-13-18(16-9-5-6-10-17(16)20(22)24)21(25)23-11-12-26-19(14-23)15-7-3-2-4-8-15/h2-10,13,19H,11-12,14H2,1H3. The van der Waals surface area contributed by atoms with Gasteiger partial charge in [-0.3, -0.25) is 9.59 Å². The number of fused-ring (bicyclic) bond motifs is 1. The minimum atomic E-state index is -0.132. The zero-order valence-corrected chi connectivity index (χ0v) is 14.6. The van der Waals surface area contributed by atoms with E-state index in [-0.39, 0.29) is 17.6 Å². The van der Waals surface area contributed by atoms with Crippen molar-refractivity contribution in [3.05, 3.63) is 82.3 Å². The van der Waals surface area contributed by atoms with Gasteiger partial charge in [0.2, 0.25) is 0 Å². The molecule has 1 amide bonds. The molecule has 1 fully saturated rings. The fraction of sp³-hybridized carbons (Fsp3) is 0.238. The van der Waals surface area contributed by atoms with Crippen molar-refractivity contribution in [1.29, 1.82) is 0 Å². The van der Waals surface area contributed by atoms with Gasteiger partial charge in [0, 0.05) is 30.6 Å². The summed E-state index contributed by atoms with van der Waals surface area (Å²) in [6.07, 6.45) is 1.51. The third kappa shape index (κ3) is 2.91. The maximum Gasteiger partial charge on any atom is 0.258 e. The number of hydrogen-bond acceptors (Lipinski definition) is 3. The summed E-state index contributed by atoms with van der Waals surface area (Å²) in [5.74, 6) is -0.0685. The normalized spacial score (nSPS) is 17.4. The average Bonchev–Trinajstić information content (AvgIpc) is 2.71. The SMILES string of the molecule is Cn1cc(C(=O)N2CCOC(c3ccccc3)C2)c2ccccc2c1=O. The summed E-state index contributed by atoms with van der Waals surface area (Å²) in [7, 11) is 1.68. The van der Waals surface area contributed by atoms with E-state index in [0.29, 0.717) is 36.0 Å². The number of benzene rings is 2. The highest BCUT2D eigenvalue weighted by molar-refractivity contribution is 6.06. The molecular weight excluding hydrogens is 328 g/mol. The average molecular weight is 348 g/mol. The van der Waals surface area contributed by atoms with Crippen LogP contribution in [-0.2, 0) is 11.8 Å². The van der Waals surface area contributed by atoms with E-state index in [1.165, 1.54) is 4.57 Å². The van der Waals surface area contributed by atoms with Gasteiger partial charge in [0.05, 0.1) is 18.7 Å². The Kier molecular flexibility index (Phi) is 4.31. The van der Waals surface area contributed by atoms with Crippen molar-refractivity contribution < 1.29 is 9.53 Å². The molecule has 1 atom stereocenters. The van der Waals surface area contributed by atoms with Gasteiger partial charge in [-0.1, -0.05) is 48.5 Å². The van der Waals surface area contributed by atoms with E-state index in [2.05, 4.69) is 0 Å². The van der Waals surface area contributed by atoms with Crippen molar-refractivity contribution >= 4 is 16.7 Å². The maximum atomic E-state index is 13.2. The Balaban J connectivity index is 1.69. The lowest BCUT2D eigenvalue weighted by Crippen LogP contribution is -2.42. The highest BCUT2D eigenvalue weighted by Crippen LogP contribution is 2.24. The fourth-order valence-electron chi connectivity index (χ4n) is 3.46. The second-order valence-electron chi connectivity index (χ2n) is 6.53. The molecule has 5 heteroatoms. The molecule has 0 N–H and O–H groups in total. The fourth-order valence-corrected chi connectivity index (χ4v) is 3.46. The lowest BCUT2D eigenvalue weighted by Gasteiger charge is -2.33. The van der Waals surface area contributed by atoms with Crippen LogP contribution in [0.1, 0.15) is 22.0 Å². The molecule has 2 heterocycles. The largest absolute Gasteiger partial charge is 0.370 e. The molecule has 1 aliphatic heterocycles. The van der Waals surface area contributed by atoms with Gasteiger partial charge >= 0.3 is 0 Å². The summed E-state index contributed by atoms with van der Waals surface area (Å²) in [5.41, 5.74) is 1.52. The first-order valence-electron chi connectivity index (χ1n) is 8.69. The van der Waals surface area contributed by atoms with E-state index in [0.717, 1.165) is 5.56 Å². The summed E-state index contributed by atoms with van der Waals surface area (Å²) in [4.78, 5) is 27.4. The molecule has 0 aliphatic carbocycles. The van der Waals surface area contributed by atoms with Crippen LogP contribution in [0.5, 0.6) is 0 Å². The van der Waals surface area contributed by atoms with E-state index >= 15 is 0 Å². The van der Waals surface area contributed by atoms with Crippen molar-refractivity contribution in [3.8, 4) is 0 Å². The number of aryl methyl sites for hydroxylation is 1. The second kappa shape index (κ2) is 6.77. The number of carbonyl (C=O) groups excluding carboxylic acids is 1. The molecule has 1 aromatic heterocycles. The number of pyridine rings is 1. The number of carbonyl (C=O) groups is 1. The van der Waals surface area contributed by atoms with Crippen LogP contribution in [-0.4, -0.2) is 35.1 Å². The predicted octanol–water partition coefficient (Wildman–Crippen LogP) is 2.75. The number of aromatic nitrogens is 1. The van der Waals surface area contributed by atoms with Crippen molar-refractivity contribution in [2.45, 2.75) is 6.10 Å². The molecule has 26 heavy (non-hydrogen) atoms. The van der Waals surface area contributed by atoms with Gasteiger partial charge in [-0.2, -0.15) is 0 Å². The van der Waals surface area contributed by atoms with Crippen LogP contribution in [0.2, 0.25) is 0 Å². The topological polar surface area (TPSA) is 51.5 Å². The van der Waals surface area contributed by atoms with Crippen molar-refractivity contribution in [1.82, 2.24) is 9.47 Å². The summed E-state index contributed by atoms with van der Waals surface area (Å²) < 4.78 is 7.34. The van der Waals surface area contributed by atoms with Gasteiger partial charge < -0.3 is 14.2 Å². The molecule has 0 saturated carbocycles. The highest BCUT2D eigenvalue weighted by atomic mass is 16.5. The number of nitrogens with zero attached hydrogens (tertiary/aromatic N) is 2. The first-order chi connectivity index (χ1) is 12.6. The van der Waals surface area contributed by atoms with Gasteiger partial charge in [0.1, 0.15) is 6.10 Å². The number of morpholine rings is 1. The number of ether oxygens (including phenoxy) is 1. The maximum absolute atomic E-state index is 13.2. The Bertz CT molecular complexity index is 1010. The molecule has 1 unspecified atom stereocenters. The van der Waals surface area contributed by atoms with Gasteiger partial charge in [0.25, 0.3) is 11.5 Å².